The lowest BCUT2D eigenvalue weighted by Gasteiger charge is -2.36. The molecule has 5 nitrogen and oxygen atoms in total. The summed E-state index contributed by atoms with van der Waals surface area (Å²) >= 11 is 0. The lowest BCUT2D eigenvalue weighted by molar-refractivity contribution is 0.208. The predicted molar refractivity (Wildman–Crippen MR) is 111 cm³/mol. The summed E-state index contributed by atoms with van der Waals surface area (Å²) < 4.78 is 5.70. The van der Waals surface area contributed by atoms with Crippen LogP contribution in [0.1, 0.15) is 25.0 Å². The molecule has 3 rings (SSSR count). The van der Waals surface area contributed by atoms with Gasteiger partial charge in [0, 0.05) is 37.6 Å². The summed E-state index contributed by atoms with van der Waals surface area (Å²) in [6.45, 7) is 11.2. The van der Waals surface area contributed by atoms with Crippen LogP contribution in [0.15, 0.2) is 42.5 Å². The molecule has 1 saturated heterocycles. The monoisotopic (exact) mass is 367 g/mol. The maximum Gasteiger partial charge on any atom is 0.321 e. The number of benzene rings is 2. The Labute approximate surface area is 161 Å². The summed E-state index contributed by atoms with van der Waals surface area (Å²) in [7, 11) is 0. The number of nitrogens with zero attached hydrogens (tertiary/aromatic N) is 2. The number of nitrogens with one attached hydrogen (secondary N) is 1. The van der Waals surface area contributed by atoms with Crippen molar-refractivity contribution in [3.05, 3.63) is 53.6 Å². The highest BCUT2D eigenvalue weighted by molar-refractivity contribution is 5.90. The number of carbonyl (C=O) groups excluding carboxylic acids is 1. The van der Waals surface area contributed by atoms with Gasteiger partial charge in [-0.3, -0.25) is 0 Å². The fraction of sp³-hybridized carbons (Fsp3) is 0.409. The molecule has 0 aliphatic carbocycles. The Hall–Kier alpha value is -2.69. The van der Waals surface area contributed by atoms with Crippen molar-refractivity contribution in [1.82, 2.24) is 4.90 Å². The molecule has 1 fully saturated rings. The van der Waals surface area contributed by atoms with Gasteiger partial charge in [0.2, 0.25) is 0 Å². The van der Waals surface area contributed by atoms with E-state index in [0.717, 1.165) is 30.1 Å². The Morgan fingerprint density at radius 3 is 2.26 bits per heavy atom. The molecule has 0 bridgehead atoms. The number of anilines is 2. The molecule has 0 aromatic heterocycles. The van der Waals surface area contributed by atoms with Crippen LogP contribution >= 0.6 is 0 Å². The van der Waals surface area contributed by atoms with Crippen LogP contribution in [0.2, 0.25) is 0 Å². The minimum atomic E-state index is -0.0257. The molecule has 1 aliphatic rings. The molecule has 1 N–H and O–H groups in total. The Morgan fingerprint density at radius 2 is 1.67 bits per heavy atom. The normalized spacial score (nSPS) is 14.4. The highest BCUT2D eigenvalue weighted by atomic mass is 16.5. The van der Waals surface area contributed by atoms with E-state index in [2.05, 4.69) is 35.3 Å². The summed E-state index contributed by atoms with van der Waals surface area (Å²) in [5, 5.41) is 3.04. The van der Waals surface area contributed by atoms with E-state index in [1.807, 2.05) is 49.9 Å². The molecule has 0 saturated carbocycles. The van der Waals surface area contributed by atoms with Crippen molar-refractivity contribution < 1.29 is 9.53 Å². The summed E-state index contributed by atoms with van der Waals surface area (Å²) in [6.07, 6.45) is 0.176. The first-order chi connectivity index (χ1) is 12.9. The number of amides is 2. The maximum absolute atomic E-state index is 12.6. The summed E-state index contributed by atoms with van der Waals surface area (Å²) in [5.74, 6) is 0.889. The number of hydrogen-bond acceptors (Lipinski definition) is 3. The largest absolute Gasteiger partial charge is 0.491 e. The molecule has 1 heterocycles. The van der Waals surface area contributed by atoms with Crippen LogP contribution in [0.25, 0.3) is 0 Å². The van der Waals surface area contributed by atoms with Gasteiger partial charge in [0.15, 0.2) is 0 Å². The van der Waals surface area contributed by atoms with Gasteiger partial charge in [-0.2, -0.15) is 0 Å². The summed E-state index contributed by atoms with van der Waals surface area (Å²) in [6, 6.07) is 14.2. The molecule has 1 aliphatic heterocycles. The Bertz CT molecular complexity index is 779. The standard InChI is InChI=1S/C22H29N3O2/c1-16(2)27-20-8-6-19(7-9-20)24-11-13-25(14-12-24)22(26)23-21-10-5-17(3)15-18(21)4/h5-10,15-16H,11-14H2,1-4H3,(H,23,26). The van der Waals surface area contributed by atoms with Crippen LogP contribution in [0.5, 0.6) is 5.75 Å². The van der Waals surface area contributed by atoms with Crippen LogP contribution < -0.4 is 15.0 Å². The van der Waals surface area contributed by atoms with Gasteiger partial charge in [-0.15, -0.1) is 0 Å². The van der Waals surface area contributed by atoms with Crippen molar-refractivity contribution in [2.45, 2.75) is 33.8 Å². The average Bonchev–Trinajstić information content (AvgIpc) is 2.64. The number of urea groups is 1. The molecular weight excluding hydrogens is 338 g/mol. The maximum atomic E-state index is 12.6. The number of aryl methyl sites for hydroxylation is 2. The minimum Gasteiger partial charge on any atom is -0.491 e. The highest BCUT2D eigenvalue weighted by Gasteiger charge is 2.21. The van der Waals surface area contributed by atoms with Crippen molar-refractivity contribution in [3.63, 3.8) is 0 Å². The van der Waals surface area contributed by atoms with Gasteiger partial charge in [0.05, 0.1) is 6.10 Å². The molecule has 144 valence electrons. The van der Waals surface area contributed by atoms with Gasteiger partial charge in [0.1, 0.15) is 5.75 Å². The zero-order valence-corrected chi connectivity index (χ0v) is 16.7. The Balaban J connectivity index is 1.54. The fourth-order valence-corrected chi connectivity index (χ4v) is 3.32. The first-order valence-electron chi connectivity index (χ1n) is 9.57. The van der Waals surface area contributed by atoms with Gasteiger partial charge in [-0.05, 0) is 63.6 Å². The zero-order valence-electron chi connectivity index (χ0n) is 16.7. The molecule has 0 unspecified atom stereocenters. The number of hydrogen-bond donors (Lipinski definition) is 1. The Morgan fingerprint density at radius 1 is 1.00 bits per heavy atom. The Kier molecular flexibility index (Phi) is 5.89. The van der Waals surface area contributed by atoms with Gasteiger partial charge >= 0.3 is 6.03 Å². The molecule has 27 heavy (non-hydrogen) atoms. The topological polar surface area (TPSA) is 44.8 Å². The minimum absolute atomic E-state index is 0.0257. The van der Waals surface area contributed by atoms with Crippen LogP contribution in [0.4, 0.5) is 16.2 Å². The van der Waals surface area contributed by atoms with Crippen molar-refractivity contribution in [3.8, 4) is 5.75 Å². The van der Waals surface area contributed by atoms with Crippen molar-refractivity contribution in [1.29, 1.82) is 0 Å². The SMILES string of the molecule is Cc1ccc(NC(=O)N2CCN(c3ccc(OC(C)C)cc3)CC2)c(C)c1. The quantitative estimate of drug-likeness (QED) is 0.869. The third kappa shape index (κ3) is 4.94. The van der Waals surface area contributed by atoms with Crippen LogP contribution in [0, 0.1) is 13.8 Å². The lowest BCUT2D eigenvalue weighted by Crippen LogP contribution is -2.50. The number of ether oxygens (including phenoxy) is 1. The lowest BCUT2D eigenvalue weighted by atomic mass is 10.1. The van der Waals surface area contributed by atoms with Crippen molar-refractivity contribution in [2.75, 3.05) is 36.4 Å². The van der Waals surface area contributed by atoms with Crippen LogP contribution in [-0.4, -0.2) is 43.2 Å². The van der Waals surface area contributed by atoms with Gasteiger partial charge in [-0.1, -0.05) is 17.7 Å². The van der Waals surface area contributed by atoms with Crippen LogP contribution in [-0.2, 0) is 0 Å². The third-order valence-electron chi connectivity index (χ3n) is 4.76. The molecular formula is C22H29N3O2. The summed E-state index contributed by atoms with van der Waals surface area (Å²) in [4.78, 5) is 16.8. The van der Waals surface area contributed by atoms with E-state index in [9.17, 15) is 4.79 Å². The van der Waals surface area contributed by atoms with Gasteiger partial charge in [-0.25, -0.2) is 4.79 Å². The van der Waals surface area contributed by atoms with Gasteiger partial charge < -0.3 is 19.9 Å². The van der Waals surface area contributed by atoms with E-state index >= 15 is 0 Å². The molecule has 2 aromatic carbocycles. The third-order valence-corrected chi connectivity index (χ3v) is 4.76. The molecule has 2 amide bonds. The van der Waals surface area contributed by atoms with E-state index in [4.69, 9.17) is 4.74 Å². The summed E-state index contributed by atoms with van der Waals surface area (Å²) in [5.41, 5.74) is 4.34. The number of rotatable bonds is 4. The second-order valence-corrected chi connectivity index (χ2v) is 7.38. The highest BCUT2D eigenvalue weighted by Crippen LogP contribution is 2.22. The van der Waals surface area contributed by atoms with Crippen LogP contribution in [0.3, 0.4) is 0 Å². The molecule has 2 aromatic rings. The van der Waals surface area contributed by atoms with Crippen molar-refractivity contribution >= 4 is 17.4 Å². The molecule has 0 atom stereocenters. The smallest absolute Gasteiger partial charge is 0.321 e. The van der Waals surface area contributed by atoms with E-state index in [1.165, 1.54) is 11.3 Å². The fourth-order valence-electron chi connectivity index (χ4n) is 3.32. The second kappa shape index (κ2) is 8.33. The molecule has 0 radical (unpaired) electrons. The number of carbonyl (C=O) groups is 1. The van der Waals surface area contributed by atoms with E-state index in [1.54, 1.807) is 0 Å². The van der Waals surface area contributed by atoms with E-state index in [0.29, 0.717) is 13.1 Å². The second-order valence-electron chi connectivity index (χ2n) is 7.38. The molecule has 0 spiro atoms. The van der Waals surface area contributed by atoms with E-state index < -0.39 is 0 Å². The average molecular weight is 367 g/mol. The van der Waals surface area contributed by atoms with Gasteiger partial charge in [0.25, 0.3) is 0 Å². The van der Waals surface area contributed by atoms with E-state index in [-0.39, 0.29) is 12.1 Å². The predicted octanol–water partition coefficient (Wildman–Crippen LogP) is 4.44. The first kappa shape index (κ1) is 19.1. The molecule has 5 heteroatoms. The number of piperazine rings is 1. The first-order valence-corrected chi connectivity index (χ1v) is 9.57. The zero-order chi connectivity index (χ0) is 19.4. The van der Waals surface area contributed by atoms with Crippen molar-refractivity contribution in [2.24, 2.45) is 0 Å².